The fraction of sp³-hybridized carbons (Fsp3) is 0.700. The van der Waals surface area contributed by atoms with Crippen molar-refractivity contribution in [1.29, 1.82) is 0 Å². The van der Waals surface area contributed by atoms with Crippen LogP contribution < -0.4 is 9.46 Å². The van der Waals surface area contributed by atoms with E-state index in [0.717, 1.165) is 38.5 Å². The van der Waals surface area contributed by atoms with Crippen LogP contribution in [0.3, 0.4) is 0 Å². The fourth-order valence-electron chi connectivity index (χ4n) is 2.89. The molecule has 0 spiro atoms. The molecule has 6 heteroatoms. The summed E-state index contributed by atoms with van der Waals surface area (Å²) in [6.45, 7) is 6.23. The normalized spacial score (nSPS) is 15.2. The van der Waals surface area contributed by atoms with Crippen LogP contribution in [0.15, 0.2) is 18.2 Å². The second-order valence-corrected chi connectivity index (χ2v) is 9.70. The highest BCUT2D eigenvalue weighted by Crippen LogP contribution is 2.32. The molecule has 1 aliphatic carbocycles. The SMILES string of the molecule is CCCCCCCS(=O)(=O)NC(C)(C)c1ccc(F)c(OCC2CC2)c1. The third-order valence-electron chi connectivity index (χ3n) is 4.75. The maximum Gasteiger partial charge on any atom is 0.212 e. The minimum absolute atomic E-state index is 0.117. The molecule has 148 valence electrons. The first-order valence-corrected chi connectivity index (χ1v) is 11.3. The van der Waals surface area contributed by atoms with Crippen molar-refractivity contribution in [2.75, 3.05) is 12.4 Å². The van der Waals surface area contributed by atoms with E-state index < -0.39 is 21.4 Å². The molecule has 0 unspecified atom stereocenters. The second kappa shape index (κ2) is 9.18. The minimum Gasteiger partial charge on any atom is -0.490 e. The van der Waals surface area contributed by atoms with Gasteiger partial charge in [0.2, 0.25) is 10.0 Å². The summed E-state index contributed by atoms with van der Waals surface area (Å²) >= 11 is 0. The Kier molecular flexibility index (Phi) is 7.47. The molecule has 0 aromatic heterocycles. The van der Waals surface area contributed by atoms with Crippen molar-refractivity contribution in [2.45, 2.75) is 71.3 Å². The molecular formula is C20H32FNO3S. The molecule has 0 amide bonds. The van der Waals surface area contributed by atoms with Crippen LogP contribution >= 0.6 is 0 Å². The van der Waals surface area contributed by atoms with E-state index in [2.05, 4.69) is 11.6 Å². The predicted molar refractivity (Wildman–Crippen MR) is 103 cm³/mol. The summed E-state index contributed by atoms with van der Waals surface area (Å²) in [5, 5.41) is 0. The molecule has 1 fully saturated rings. The van der Waals surface area contributed by atoms with E-state index in [1.807, 2.05) is 0 Å². The van der Waals surface area contributed by atoms with Crippen molar-refractivity contribution in [3.05, 3.63) is 29.6 Å². The highest BCUT2D eigenvalue weighted by Gasteiger charge is 2.28. The van der Waals surface area contributed by atoms with Gasteiger partial charge in [0.15, 0.2) is 11.6 Å². The molecule has 1 aromatic rings. The van der Waals surface area contributed by atoms with E-state index in [4.69, 9.17) is 4.74 Å². The maximum absolute atomic E-state index is 14.0. The Morgan fingerprint density at radius 2 is 1.88 bits per heavy atom. The van der Waals surface area contributed by atoms with Gasteiger partial charge in [-0.2, -0.15) is 0 Å². The summed E-state index contributed by atoms with van der Waals surface area (Å²) in [7, 11) is -3.40. The molecule has 0 radical (unpaired) electrons. The molecule has 1 N–H and O–H groups in total. The number of rotatable bonds is 12. The van der Waals surface area contributed by atoms with Crippen molar-refractivity contribution in [3.8, 4) is 5.75 Å². The van der Waals surface area contributed by atoms with Gasteiger partial charge in [-0.05, 0) is 56.7 Å². The Hall–Kier alpha value is -1.14. The van der Waals surface area contributed by atoms with Gasteiger partial charge < -0.3 is 4.74 Å². The van der Waals surface area contributed by atoms with Gasteiger partial charge in [0.05, 0.1) is 17.9 Å². The minimum atomic E-state index is -3.40. The first kappa shape index (κ1) is 21.2. The van der Waals surface area contributed by atoms with Crippen molar-refractivity contribution in [3.63, 3.8) is 0 Å². The lowest BCUT2D eigenvalue weighted by Gasteiger charge is -2.27. The Labute approximate surface area is 157 Å². The summed E-state index contributed by atoms with van der Waals surface area (Å²) in [5.41, 5.74) is -0.132. The van der Waals surface area contributed by atoms with Gasteiger partial charge >= 0.3 is 0 Å². The maximum atomic E-state index is 14.0. The van der Waals surface area contributed by atoms with Crippen LogP contribution in [0.5, 0.6) is 5.75 Å². The number of sulfonamides is 1. The molecule has 26 heavy (non-hydrogen) atoms. The quantitative estimate of drug-likeness (QED) is 0.529. The average molecular weight is 386 g/mol. The summed E-state index contributed by atoms with van der Waals surface area (Å²) in [6, 6.07) is 4.57. The summed E-state index contributed by atoms with van der Waals surface area (Å²) in [5.74, 6) is 0.425. The Morgan fingerprint density at radius 1 is 1.19 bits per heavy atom. The summed E-state index contributed by atoms with van der Waals surface area (Å²) < 4.78 is 47.1. The summed E-state index contributed by atoms with van der Waals surface area (Å²) in [4.78, 5) is 0. The molecule has 1 aliphatic rings. The monoisotopic (exact) mass is 385 g/mol. The molecule has 1 aromatic carbocycles. The smallest absolute Gasteiger partial charge is 0.212 e. The van der Waals surface area contributed by atoms with E-state index >= 15 is 0 Å². The van der Waals surface area contributed by atoms with Crippen LogP contribution in [0.25, 0.3) is 0 Å². The third kappa shape index (κ3) is 6.88. The first-order valence-electron chi connectivity index (χ1n) is 9.68. The van der Waals surface area contributed by atoms with Gasteiger partial charge in [-0.15, -0.1) is 0 Å². The van der Waals surface area contributed by atoms with E-state index in [0.29, 0.717) is 24.5 Å². The van der Waals surface area contributed by atoms with Gasteiger partial charge in [-0.1, -0.05) is 38.7 Å². The van der Waals surface area contributed by atoms with Crippen LogP contribution in [-0.2, 0) is 15.6 Å². The number of benzene rings is 1. The van der Waals surface area contributed by atoms with Crippen LogP contribution in [0, 0.1) is 11.7 Å². The highest BCUT2D eigenvalue weighted by molar-refractivity contribution is 7.89. The van der Waals surface area contributed by atoms with Crippen LogP contribution in [0.2, 0.25) is 0 Å². The lowest BCUT2D eigenvalue weighted by atomic mass is 9.95. The number of hydrogen-bond acceptors (Lipinski definition) is 3. The van der Waals surface area contributed by atoms with Crippen molar-refractivity contribution in [1.82, 2.24) is 4.72 Å². The fourth-order valence-corrected chi connectivity index (χ4v) is 4.47. The zero-order valence-electron chi connectivity index (χ0n) is 16.2. The highest BCUT2D eigenvalue weighted by atomic mass is 32.2. The molecule has 2 rings (SSSR count). The van der Waals surface area contributed by atoms with Gasteiger partial charge in [-0.3, -0.25) is 0 Å². The predicted octanol–water partition coefficient (Wildman–Crippen LogP) is 4.74. The van der Waals surface area contributed by atoms with Crippen LogP contribution in [0.4, 0.5) is 4.39 Å². The number of ether oxygens (including phenoxy) is 1. The van der Waals surface area contributed by atoms with Gasteiger partial charge in [0.1, 0.15) is 0 Å². The molecule has 0 bridgehead atoms. The zero-order chi connectivity index (χ0) is 19.2. The number of halogens is 1. The standard InChI is InChI=1S/C20H32FNO3S/c1-4-5-6-7-8-13-26(23,24)22-20(2,3)17-11-12-18(21)19(14-17)25-15-16-9-10-16/h11-12,14,16,22H,4-10,13,15H2,1-3H3. The van der Waals surface area contributed by atoms with E-state index in [1.54, 1.807) is 26.0 Å². The zero-order valence-corrected chi connectivity index (χ0v) is 17.0. The molecule has 1 saturated carbocycles. The van der Waals surface area contributed by atoms with Crippen LogP contribution in [-0.4, -0.2) is 20.8 Å². The molecule has 0 aliphatic heterocycles. The van der Waals surface area contributed by atoms with E-state index in [1.165, 1.54) is 6.07 Å². The largest absolute Gasteiger partial charge is 0.490 e. The van der Waals surface area contributed by atoms with Crippen molar-refractivity contribution in [2.24, 2.45) is 5.92 Å². The third-order valence-corrected chi connectivity index (χ3v) is 6.40. The lowest BCUT2D eigenvalue weighted by Crippen LogP contribution is -2.42. The number of nitrogens with one attached hydrogen (secondary N) is 1. The second-order valence-electron chi connectivity index (χ2n) is 7.86. The Bertz CT molecular complexity index is 684. The van der Waals surface area contributed by atoms with Crippen molar-refractivity contribution >= 4 is 10.0 Å². The Balaban J connectivity index is 1.97. The molecular weight excluding hydrogens is 353 g/mol. The van der Waals surface area contributed by atoms with Gasteiger partial charge in [0, 0.05) is 0 Å². The molecule has 0 heterocycles. The van der Waals surface area contributed by atoms with E-state index in [9.17, 15) is 12.8 Å². The topological polar surface area (TPSA) is 55.4 Å². The molecule has 0 atom stereocenters. The van der Waals surface area contributed by atoms with E-state index in [-0.39, 0.29) is 11.5 Å². The van der Waals surface area contributed by atoms with Gasteiger partial charge in [0.25, 0.3) is 0 Å². The first-order chi connectivity index (χ1) is 12.2. The summed E-state index contributed by atoms with van der Waals surface area (Å²) in [6.07, 6.45) is 7.17. The molecule has 0 saturated heterocycles. The molecule has 4 nitrogen and oxygen atoms in total. The van der Waals surface area contributed by atoms with Gasteiger partial charge in [-0.25, -0.2) is 17.5 Å². The number of unbranched alkanes of at least 4 members (excludes halogenated alkanes) is 4. The van der Waals surface area contributed by atoms with Crippen LogP contribution in [0.1, 0.15) is 71.3 Å². The Morgan fingerprint density at radius 3 is 2.54 bits per heavy atom. The van der Waals surface area contributed by atoms with Crippen molar-refractivity contribution < 1.29 is 17.5 Å². The number of hydrogen-bond donors (Lipinski definition) is 1. The average Bonchev–Trinajstić information content (AvgIpc) is 3.37. The lowest BCUT2D eigenvalue weighted by molar-refractivity contribution is 0.284.